The van der Waals surface area contributed by atoms with Gasteiger partial charge in [0.15, 0.2) is 0 Å². The zero-order valence-corrected chi connectivity index (χ0v) is 13.1. The van der Waals surface area contributed by atoms with Gasteiger partial charge in [-0.25, -0.2) is 8.78 Å². The minimum atomic E-state index is -2.46. The van der Waals surface area contributed by atoms with Crippen molar-refractivity contribution in [3.63, 3.8) is 0 Å². The van der Waals surface area contributed by atoms with Gasteiger partial charge in [-0.2, -0.15) is 5.26 Å². The molecule has 1 aliphatic carbocycles. The Morgan fingerprint density at radius 3 is 2.60 bits per heavy atom. The highest BCUT2D eigenvalue weighted by molar-refractivity contribution is 8.03. The van der Waals surface area contributed by atoms with Gasteiger partial charge in [-0.15, -0.1) is 11.8 Å². The molecule has 20 heavy (non-hydrogen) atoms. The summed E-state index contributed by atoms with van der Waals surface area (Å²) < 4.78 is 25.6. The van der Waals surface area contributed by atoms with Gasteiger partial charge in [-0.1, -0.05) is 0 Å². The lowest BCUT2D eigenvalue weighted by Crippen LogP contribution is -2.42. The third-order valence-corrected chi connectivity index (χ3v) is 4.52. The molecular weight excluding hydrogens is 280 g/mol. The van der Waals surface area contributed by atoms with Crippen molar-refractivity contribution in [2.24, 2.45) is 17.6 Å². The lowest BCUT2D eigenvalue weighted by atomic mass is 9.81. The van der Waals surface area contributed by atoms with Crippen LogP contribution in [0.4, 0.5) is 8.78 Å². The summed E-state index contributed by atoms with van der Waals surface area (Å²) in [5, 5.41) is 9.10. The standard InChI is InChI=1S/C14H23F2N3S/c1-10(6-17)13(11(2)20-9-18)8-19(3)7-12-4-14(15,16)5-12/h10,12H,4-5,7-9,18H2,1-3H3/b13-11-. The number of hydrogen-bond acceptors (Lipinski definition) is 4. The molecular formula is C14H23F2N3S. The Bertz CT molecular complexity index is 396. The second-order valence-corrected chi connectivity index (χ2v) is 6.80. The molecule has 114 valence electrons. The number of halogens is 2. The lowest BCUT2D eigenvalue weighted by molar-refractivity contribution is -0.114. The smallest absolute Gasteiger partial charge is 0.248 e. The summed E-state index contributed by atoms with van der Waals surface area (Å²) >= 11 is 1.52. The first kappa shape index (κ1) is 17.4. The van der Waals surface area contributed by atoms with E-state index in [9.17, 15) is 8.78 Å². The molecule has 0 bridgehead atoms. The van der Waals surface area contributed by atoms with Gasteiger partial charge in [0.25, 0.3) is 0 Å². The fourth-order valence-electron chi connectivity index (χ4n) is 2.56. The maximum Gasteiger partial charge on any atom is 0.248 e. The first-order chi connectivity index (χ1) is 9.29. The van der Waals surface area contributed by atoms with Crippen molar-refractivity contribution in [2.75, 3.05) is 26.0 Å². The van der Waals surface area contributed by atoms with Gasteiger partial charge in [-0.05, 0) is 37.3 Å². The molecule has 0 heterocycles. The number of likely N-dealkylation sites (N-methyl/N-ethyl adjacent to an activating group) is 1. The summed E-state index contributed by atoms with van der Waals surface area (Å²) in [4.78, 5) is 3.09. The molecule has 1 fully saturated rings. The molecule has 0 radical (unpaired) electrons. The molecule has 0 aliphatic heterocycles. The topological polar surface area (TPSA) is 53.0 Å². The number of alkyl halides is 2. The van der Waals surface area contributed by atoms with Gasteiger partial charge in [0.1, 0.15) is 0 Å². The number of rotatable bonds is 7. The van der Waals surface area contributed by atoms with Crippen molar-refractivity contribution >= 4 is 11.8 Å². The number of nitrogens with zero attached hydrogens (tertiary/aromatic N) is 2. The fraction of sp³-hybridized carbons (Fsp3) is 0.786. The summed E-state index contributed by atoms with van der Waals surface area (Å²) in [6, 6.07) is 2.25. The molecule has 2 N–H and O–H groups in total. The number of thioether (sulfide) groups is 1. The number of hydrogen-bond donors (Lipinski definition) is 1. The normalized spacial score (nSPS) is 21.1. The quantitative estimate of drug-likeness (QED) is 0.735. The van der Waals surface area contributed by atoms with E-state index in [0.29, 0.717) is 19.0 Å². The molecule has 0 aromatic carbocycles. The fourth-order valence-corrected chi connectivity index (χ4v) is 3.24. The number of nitrogens with two attached hydrogens (primary N) is 1. The second-order valence-electron chi connectivity index (χ2n) is 5.57. The van der Waals surface area contributed by atoms with Gasteiger partial charge in [0.05, 0.1) is 12.0 Å². The van der Waals surface area contributed by atoms with Crippen LogP contribution < -0.4 is 5.73 Å². The van der Waals surface area contributed by atoms with E-state index in [1.54, 1.807) is 0 Å². The van der Waals surface area contributed by atoms with Crippen LogP contribution in [-0.4, -0.2) is 36.8 Å². The minimum Gasteiger partial charge on any atom is -0.322 e. The van der Waals surface area contributed by atoms with Crippen LogP contribution in [0.3, 0.4) is 0 Å². The van der Waals surface area contributed by atoms with Crippen LogP contribution in [0.2, 0.25) is 0 Å². The van der Waals surface area contributed by atoms with E-state index < -0.39 is 5.92 Å². The maximum absolute atomic E-state index is 12.8. The van der Waals surface area contributed by atoms with Crippen LogP contribution in [0.15, 0.2) is 10.5 Å². The summed E-state index contributed by atoms with van der Waals surface area (Å²) in [5.74, 6) is -2.10. The Labute approximate surface area is 124 Å². The molecule has 1 aliphatic rings. The van der Waals surface area contributed by atoms with Gasteiger partial charge in [0, 0.05) is 31.8 Å². The van der Waals surface area contributed by atoms with E-state index in [-0.39, 0.29) is 24.7 Å². The SMILES string of the molecule is C/C(SCN)=C(\CN(C)CC1CC(F)(F)C1)C(C)C#N. The predicted octanol–water partition coefficient (Wildman–Crippen LogP) is 3.05. The molecule has 1 unspecified atom stereocenters. The van der Waals surface area contributed by atoms with Gasteiger partial charge in [0.2, 0.25) is 5.92 Å². The predicted molar refractivity (Wildman–Crippen MR) is 79.3 cm³/mol. The molecule has 1 saturated carbocycles. The molecule has 0 amide bonds. The van der Waals surface area contributed by atoms with Crippen molar-refractivity contribution in [3.8, 4) is 6.07 Å². The molecule has 6 heteroatoms. The molecule has 0 aromatic heterocycles. The monoisotopic (exact) mass is 303 g/mol. The van der Waals surface area contributed by atoms with E-state index in [0.717, 1.165) is 10.5 Å². The first-order valence-corrected chi connectivity index (χ1v) is 7.76. The van der Waals surface area contributed by atoms with E-state index >= 15 is 0 Å². The highest BCUT2D eigenvalue weighted by Crippen LogP contribution is 2.42. The van der Waals surface area contributed by atoms with Crippen LogP contribution in [0.1, 0.15) is 26.7 Å². The Hall–Kier alpha value is -0.640. The van der Waals surface area contributed by atoms with E-state index in [1.807, 2.05) is 25.8 Å². The third kappa shape index (κ3) is 5.04. The Morgan fingerprint density at radius 2 is 2.15 bits per heavy atom. The third-order valence-electron chi connectivity index (χ3n) is 3.65. The number of nitriles is 1. The van der Waals surface area contributed by atoms with E-state index in [2.05, 4.69) is 6.07 Å². The Kier molecular flexibility index (Phi) is 6.44. The average Bonchev–Trinajstić information content (AvgIpc) is 2.33. The van der Waals surface area contributed by atoms with Crippen molar-refractivity contribution in [1.29, 1.82) is 5.26 Å². The second kappa shape index (κ2) is 7.39. The molecule has 0 spiro atoms. The van der Waals surface area contributed by atoms with Crippen LogP contribution >= 0.6 is 11.8 Å². The Balaban J connectivity index is 2.57. The number of allylic oxidation sites excluding steroid dienone is 1. The summed E-state index contributed by atoms with van der Waals surface area (Å²) in [5.41, 5.74) is 6.57. The maximum atomic E-state index is 12.8. The highest BCUT2D eigenvalue weighted by Gasteiger charge is 2.45. The molecule has 1 rings (SSSR count). The summed E-state index contributed by atoms with van der Waals surface area (Å²) in [7, 11) is 1.92. The summed E-state index contributed by atoms with van der Waals surface area (Å²) in [6.07, 6.45) is -0.0263. The molecule has 0 saturated heterocycles. The van der Waals surface area contributed by atoms with Crippen LogP contribution in [-0.2, 0) is 0 Å². The Morgan fingerprint density at radius 1 is 1.55 bits per heavy atom. The van der Waals surface area contributed by atoms with E-state index in [4.69, 9.17) is 11.0 Å². The zero-order chi connectivity index (χ0) is 15.3. The van der Waals surface area contributed by atoms with Crippen LogP contribution in [0.25, 0.3) is 0 Å². The van der Waals surface area contributed by atoms with Crippen molar-refractivity contribution in [2.45, 2.75) is 32.6 Å². The average molecular weight is 303 g/mol. The largest absolute Gasteiger partial charge is 0.322 e. The molecule has 3 nitrogen and oxygen atoms in total. The summed E-state index contributed by atoms with van der Waals surface area (Å²) in [6.45, 7) is 5.11. The molecule has 0 aromatic rings. The van der Waals surface area contributed by atoms with Crippen LogP contribution in [0, 0.1) is 23.2 Å². The zero-order valence-electron chi connectivity index (χ0n) is 12.3. The van der Waals surface area contributed by atoms with Crippen molar-refractivity contribution < 1.29 is 8.78 Å². The lowest BCUT2D eigenvalue weighted by Gasteiger charge is -2.37. The van der Waals surface area contributed by atoms with Gasteiger partial charge in [-0.3, -0.25) is 0 Å². The van der Waals surface area contributed by atoms with E-state index in [1.165, 1.54) is 11.8 Å². The van der Waals surface area contributed by atoms with Gasteiger partial charge < -0.3 is 10.6 Å². The minimum absolute atomic E-state index is 0.0132. The molecule has 1 atom stereocenters. The van der Waals surface area contributed by atoms with Crippen LogP contribution in [0.5, 0.6) is 0 Å². The van der Waals surface area contributed by atoms with Gasteiger partial charge >= 0.3 is 0 Å². The van der Waals surface area contributed by atoms with Crippen molar-refractivity contribution in [1.82, 2.24) is 4.90 Å². The highest BCUT2D eigenvalue weighted by atomic mass is 32.2. The first-order valence-electron chi connectivity index (χ1n) is 6.77. The van der Waals surface area contributed by atoms with Crippen molar-refractivity contribution in [3.05, 3.63) is 10.5 Å².